The quantitative estimate of drug-likeness (QED) is 0.668. The Kier molecular flexibility index (Phi) is 4.05. The van der Waals surface area contributed by atoms with Crippen molar-refractivity contribution >= 4 is 12.1 Å². The Bertz CT molecular complexity index is 634. The lowest BCUT2D eigenvalue weighted by Crippen LogP contribution is -2.17. The molecule has 4 nitrogen and oxygen atoms in total. The smallest absolute Gasteiger partial charge is 0.271 e. The van der Waals surface area contributed by atoms with Gasteiger partial charge in [0, 0.05) is 5.56 Å². The van der Waals surface area contributed by atoms with Gasteiger partial charge in [-0.2, -0.15) is 5.10 Å². The monoisotopic (exact) mass is 276 g/mol. The molecular formula is C14H10F2N2O2. The molecule has 6 heteroatoms. The van der Waals surface area contributed by atoms with E-state index in [9.17, 15) is 13.6 Å². The molecule has 0 aromatic heterocycles. The molecule has 2 N–H and O–H groups in total. The van der Waals surface area contributed by atoms with E-state index < -0.39 is 17.5 Å². The highest BCUT2D eigenvalue weighted by Crippen LogP contribution is 2.10. The molecule has 2 rings (SSSR count). The van der Waals surface area contributed by atoms with Crippen LogP contribution in [0.1, 0.15) is 15.9 Å². The number of phenols is 1. The minimum absolute atomic E-state index is 0.0264. The molecule has 0 saturated heterocycles. The second kappa shape index (κ2) is 5.92. The highest BCUT2D eigenvalue weighted by Gasteiger charge is 2.06. The number of nitrogens with zero attached hydrogens (tertiary/aromatic N) is 1. The number of amides is 1. The third kappa shape index (κ3) is 3.17. The average Bonchev–Trinajstić information content (AvgIpc) is 2.42. The molecule has 0 aliphatic carbocycles. The van der Waals surface area contributed by atoms with E-state index in [0.717, 1.165) is 18.3 Å². The zero-order valence-corrected chi connectivity index (χ0v) is 10.2. The first-order valence-electron chi connectivity index (χ1n) is 5.64. The van der Waals surface area contributed by atoms with Crippen LogP contribution in [-0.4, -0.2) is 17.2 Å². The number of hydrazone groups is 1. The summed E-state index contributed by atoms with van der Waals surface area (Å²) >= 11 is 0. The summed E-state index contributed by atoms with van der Waals surface area (Å²) in [6.07, 6.45) is 0.892. The summed E-state index contributed by atoms with van der Waals surface area (Å²) in [6, 6.07) is 8.88. The van der Waals surface area contributed by atoms with Crippen molar-refractivity contribution < 1.29 is 18.7 Å². The van der Waals surface area contributed by atoms with E-state index in [-0.39, 0.29) is 16.9 Å². The number of hydrogen-bond acceptors (Lipinski definition) is 3. The van der Waals surface area contributed by atoms with E-state index in [1.807, 2.05) is 0 Å². The van der Waals surface area contributed by atoms with Gasteiger partial charge in [0.2, 0.25) is 0 Å². The van der Waals surface area contributed by atoms with Crippen LogP contribution in [0.3, 0.4) is 0 Å². The van der Waals surface area contributed by atoms with Crippen molar-refractivity contribution in [2.24, 2.45) is 5.10 Å². The first kappa shape index (κ1) is 13.7. The molecule has 0 heterocycles. The maximum absolute atomic E-state index is 13.3. The van der Waals surface area contributed by atoms with Crippen LogP contribution >= 0.6 is 0 Å². The Labute approximate surface area is 113 Å². The summed E-state index contributed by atoms with van der Waals surface area (Å²) in [6.45, 7) is 0. The minimum atomic E-state index is -0.771. The topological polar surface area (TPSA) is 61.7 Å². The molecule has 0 aliphatic heterocycles. The fourth-order valence-electron chi connectivity index (χ4n) is 1.47. The van der Waals surface area contributed by atoms with Crippen LogP contribution in [-0.2, 0) is 0 Å². The Balaban J connectivity index is 2.06. The lowest BCUT2D eigenvalue weighted by Gasteiger charge is -2.01. The van der Waals surface area contributed by atoms with Crippen molar-refractivity contribution in [2.45, 2.75) is 0 Å². The molecule has 0 spiro atoms. The van der Waals surface area contributed by atoms with Gasteiger partial charge in [-0.15, -0.1) is 0 Å². The molecule has 0 fully saturated rings. The predicted octanol–water partition coefficient (Wildman–Crippen LogP) is 2.43. The van der Waals surface area contributed by atoms with Gasteiger partial charge in [0.25, 0.3) is 5.91 Å². The standard InChI is InChI=1S/C14H10F2N2O2/c15-12-2-1-3-13(16)11(12)8-17-18-14(20)9-4-6-10(19)7-5-9/h1-8,19H,(H,18,20). The van der Waals surface area contributed by atoms with Gasteiger partial charge in [-0.05, 0) is 36.4 Å². The van der Waals surface area contributed by atoms with Crippen LogP contribution in [0, 0.1) is 11.6 Å². The van der Waals surface area contributed by atoms with Gasteiger partial charge >= 0.3 is 0 Å². The lowest BCUT2D eigenvalue weighted by molar-refractivity contribution is 0.0955. The van der Waals surface area contributed by atoms with E-state index in [4.69, 9.17) is 5.11 Å². The number of benzene rings is 2. The Morgan fingerprint density at radius 1 is 1.10 bits per heavy atom. The Morgan fingerprint density at radius 3 is 2.30 bits per heavy atom. The fourth-order valence-corrected chi connectivity index (χ4v) is 1.47. The van der Waals surface area contributed by atoms with E-state index in [1.165, 1.54) is 30.3 Å². The zero-order valence-electron chi connectivity index (χ0n) is 10.2. The van der Waals surface area contributed by atoms with Crippen molar-refractivity contribution in [1.82, 2.24) is 5.43 Å². The molecular weight excluding hydrogens is 266 g/mol. The molecule has 0 unspecified atom stereocenters. The van der Waals surface area contributed by atoms with Gasteiger partial charge < -0.3 is 5.11 Å². The van der Waals surface area contributed by atoms with Gasteiger partial charge in [-0.3, -0.25) is 4.79 Å². The number of phenolic OH excluding ortho intramolecular Hbond substituents is 1. The van der Waals surface area contributed by atoms with Gasteiger partial charge in [-0.1, -0.05) is 6.07 Å². The summed E-state index contributed by atoms with van der Waals surface area (Å²) in [7, 11) is 0. The number of carbonyl (C=O) groups excluding carboxylic acids is 1. The van der Waals surface area contributed by atoms with Gasteiger partial charge in [0.15, 0.2) is 0 Å². The van der Waals surface area contributed by atoms with Crippen molar-refractivity contribution in [3.8, 4) is 5.75 Å². The normalized spacial score (nSPS) is 10.7. The summed E-state index contributed by atoms with van der Waals surface area (Å²) in [5.41, 5.74) is 2.06. The third-order valence-electron chi connectivity index (χ3n) is 2.49. The van der Waals surface area contributed by atoms with Gasteiger partial charge in [0.1, 0.15) is 17.4 Å². The van der Waals surface area contributed by atoms with Crippen LogP contribution in [0.15, 0.2) is 47.6 Å². The van der Waals surface area contributed by atoms with Crippen LogP contribution < -0.4 is 5.43 Å². The molecule has 0 saturated carbocycles. The Hall–Kier alpha value is -2.76. The predicted molar refractivity (Wildman–Crippen MR) is 69.5 cm³/mol. The number of carbonyl (C=O) groups is 1. The maximum atomic E-state index is 13.3. The third-order valence-corrected chi connectivity index (χ3v) is 2.49. The van der Waals surface area contributed by atoms with Crippen molar-refractivity contribution in [3.05, 3.63) is 65.2 Å². The second-order valence-corrected chi connectivity index (χ2v) is 3.88. The summed E-state index contributed by atoms with van der Waals surface area (Å²) in [5, 5.41) is 12.6. The van der Waals surface area contributed by atoms with Gasteiger partial charge in [-0.25, -0.2) is 14.2 Å². The van der Waals surface area contributed by atoms with Crippen molar-refractivity contribution in [1.29, 1.82) is 0 Å². The van der Waals surface area contributed by atoms with E-state index in [0.29, 0.717) is 0 Å². The first-order chi connectivity index (χ1) is 9.58. The second-order valence-electron chi connectivity index (χ2n) is 3.88. The molecule has 0 radical (unpaired) electrons. The minimum Gasteiger partial charge on any atom is -0.508 e. The fraction of sp³-hybridized carbons (Fsp3) is 0. The first-order valence-corrected chi connectivity index (χ1v) is 5.64. The molecule has 2 aromatic carbocycles. The molecule has 102 valence electrons. The SMILES string of the molecule is O=C(NN=Cc1c(F)cccc1F)c1ccc(O)cc1. The maximum Gasteiger partial charge on any atom is 0.271 e. The summed E-state index contributed by atoms with van der Waals surface area (Å²) < 4.78 is 26.5. The van der Waals surface area contributed by atoms with Gasteiger partial charge in [0.05, 0.1) is 11.8 Å². The highest BCUT2D eigenvalue weighted by molar-refractivity contribution is 5.95. The highest BCUT2D eigenvalue weighted by atomic mass is 19.1. The zero-order chi connectivity index (χ0) is 14.5. The van der Waals surface area contributed by atoms with Crippen molar-refractivity contribution in [2.75, 3.05) is 0 Å². The number of halogens is 2. The molecule has 0 atom stereocenters. The van der Waals surface area contributed by atoms with Crippen LogP contribution in [0.2, 0.25) is 0 Å². The average molecular weight is 276 g/mol. The van der Waals surface area contributed by atoms with Crippen LogP contribution in [0.25, 0.3) is 0 Å². The van der Waals surface area contributed by atoms with Crippen LogP contribution in [0.5, 0.6) is 5.75 Å². The number of nitrogens with one attached hydrogen (secondary N) is 1. The van der Waals surface area contributed by atoms with E-state index in [1.54, 1.807) is 0 Å². The Morgan fingerprint density at radius 2 is 1.70 bits per heavy atom. The number of rotatable bonds is 3. The molecule has 20 heavy (non-hydrogen) atoms. The molecule has 0 aliphatic rings. The summed E-state index contributed by atoms with van der Waals surface area (Å²) in [4.78, 5) is 11.6. The van der Waals surface area contributed by atoms with Crippen molar-refractivity contribution in [3.63, 3.8) is 0 Å². The summed E-state index contributed by atoms with van der Waals surface area (Å²) in [5.74, 6) is -2.07. The largest absolute Gasteiger partial charge is 0.508 e. The molecule has 1 amide bonds. The lowest BCUT2D eigenvalue weighted by atomic mass is 10.2. The molecule has 2 aromatic rings. The molecule has 0 bridgehead atoms. The van der Waals surface area contributed by atoms with Crippen LogP contribution in [0.4, 0.5) is 8.78 Å². The van der Waals surface area contributed by atoms with E-state index >= 15 is 0 Å². The number of hydrogen-bond donors (Lipinski definition) is 2. The number of aromatic hydroxyl groups is 1. The van der Waals surface area contributed by atoms with E-state index in [2.05, 4.69) is 10.5 Å².